The third-order valence-corrected chi connectivity index (χ3v) is 3.18. The molecule has 0 bridgehead atoms. The highest BCUT2D eigenvalue weighted by molar-refractivity contribution is 5.99. The second kappa shape index (κ2) is 8.00. The summed E-state index contributed by atoms with van der Waals surface area (Å²) in [6, 6.07) is 9.63. The van der Waals surface area contributed by atoms with E-state index in [1.54, 1.807) is 18.2 Å². The average molecular weight is 348 g/mol. The summed E-state index contributed by atoms with van der Waals surface area (Å²) >= 11 is 0. The fourth-order valence-electron chi connectivity index (χ4n) is 1.94. The Bertz CT molecular complexity index is 796. The van der Waals surface area contributed by atoms with E-state index in [-0.39, 0.29) is 5.56 Å². The second-order valence-corrected chi connectivity index (χ2v) is 4.89. The number of benzene rings is 2. The van der Waals surface area contributed by atoms with Gasteiger partial charge in [-0.05, 0) is 18.2 Å². The van der Waals surface area contributed by atoms with E-state index < -0.39 is 35.6 Å². The first-order chi connectivity index (χ1) is 11.9. The first-order valence-corrected chi connectivity index (χ1v) is 7.16. The number of hydrogen-bond donors (Lipinski definition) is 2. The van der Waals surface area contributed by atoms with Crippen LogP contribution in [0.1, 0.15) is 22.0 Å². The van der Waals surface area contributed by atoms with Gasteiger partial charge in [-0.3, -0.25) is 10.1 Å². The van der Waals surface area contributed by atoms with E-state index in [0.717, 1.165) is 12.1 Å². The third-order valence-electron chi connectivity index (χ3n) is 3.18. The zero-order valence-corrected chi connectivity index (χ0v) is 13.1. The normalized spacial score (nSPS) is 11.3. The predicted octanol–water partition coefficient (Wildman–Crippen LogP) is 2.32. The molecule has 2 N–H and O–H groups in total. The maximum absolute atomic E-state index is 13.3. The molecule has 3 amide bonds. The van der Waals surface area contributed by atoms with Gasteiger partial charge in [-0.15, -0.1) is 0 Å². The number of urea groups is 1. The van der Waals surface area contributed by atoms with Crippen LogP contribution in [-0.4, -0.2) is 25.0 Å². The molecule has 0 aromatic heterocycles. The van der Waals surface area contributed by atoms with Crippen molar-refractivity contribution >= 4 is 17.9 Å². The van der Waals surface area contributed by atoms with Gasteiger partial charge in [0, 0.05) is 12.6 Å². The van der Waals surface area contributed by atoms with Gasteiger partial charge in [-0.2, -0.15) is 0 Å². The van der Waals surface area contributed by atoms with Crippen molar-refractivity contribution in [2.75, 3.05) is 7.05 Å². The van der Waals surface area contributed by atoms with Crippen LogP contribution in [0.4, 0.5) is 13.6 Å². The maximum Gasteiger partial charge on any atom is 0.339 e. The quantitative estimate of drug-likeness (QED) is 0.831. The lowest BCUT2D eigenvalue weighted by Crippen LogP contribution is -2.41. The number of esters is 1. The minimum absolute atomic E-state index is 0.271. The van der Waals surface area contributed by atoms with Crippen LogP contribution in [0, 0.1) is 11.6 Å². The van der Waals surface area contributed by atoms with E-state index >= 15 is 0 Å². The van der Waals surface area contributed by atoms with E-state index in [1.165, 1.54) is 19.2 Å². The largest absolute Gasteiger partial charge is 0.444 e. The highest BCUT2D eigenvalue weighted by atomic mass is 19.2. The summed E-state index contributed by atoms with van der Waals surface area (Å²) in [5.41, 5.74) is 0.0346. The number of halogens is 2. The van der Waals surface area contributed by atoms with E-state index in [9.17, 15) is 23.2 Å². The Morgan fingerprint density at radius 1 is 1.00 bits per heavy atom. The van der Waals surface area contributed by atoms with Crippen LogP contribution in [0.2, 0.25) is 0 Å². The number of carbonyl (C=O) groups excluding carboxylic acids is 3. The van der Waals surface area contributed by atoms with Gasteiger partial charge in [0.2, 0.25) is 6.10 Å². The summed E-state index contributed by atoms with van der Waals surface area (Å²) in [5.74, 6) is -4.27. The smallest absolute Gasteiger partial charge is 0.339 e. The summed E-state index contributed by atoms with van der Waals surface area (Å²) in [6.45, 7) is 0. The molecule has 8 heteroatoms. The first kappa shape index (κ1) is 18.1. The summed E-state index contributed by atoms with van der Waals surface area (Å²) in [4.78, 5) is 35.7. The van der Waals surface area contributed by atoms with Crippen LogP contribution in [0.15, 0.2) is 48.5 Å². The van der Waals surface area contributed by atoms with Crippen molar-refractivity contribution in [3.05, 3.63) is 71.3 Å². The van der Waals surface area contributed by atoms with E-state index in [2.05, 4.69) is 5.32 Å². The molecule has 2 aromatic rings. The number of nitrogens with one attached hydrogen (secondary N) is 2. The molecule has 0 saturated heterocycles. The molecular weight excluding hydrogens is 334 g/mol. The fraction of sp³-hybridized carbons (Fsp3) is 0.118. The summed E-state index contributed by atoms with van der Waals surface area (Å²) in [7, 11) is 1.31. The molecule has 0 saturated carbocycles. The lowest BCUT2D eigenvalue weighted by Gasteiger charge is -2.17. The Hall–Kier alpha value is -3.29. The minimum Gasteiger partial charge on any atom is -0.444 e. The standard InChI is InChI=1S/C17H14F2N2O4/c1-20-17(24)21-15(22)14(10-5-3-2-4-6-10)25-16(23)11-7-8-12(18)13(19)9-11/h2-9,14H,1H3,(H2,20,21,22,24)/t14-/m1/s1. The summed E-state index contributed by atoms with van der Waals surface area (Å²) < 4.78 is 31.3. The van der Waals surface area contributed by atoms with Gasteiger partial charge in [-0.25, -0.2) is 18.4 Å². The number of rotatable bonds is 4. The zero-order chi connectivity index (χ0) is 18.4. The van der Waals surface area contributed by atoms with Crippen molar-refractivity contribution in [3.63, 3.8) is 0 Å². The van der Waals surface area contributed by atoms with Gasteiger partial charge in [0.05, 0.1) is 5.56 Å². The molecule has 2 rings (SSSR count). The molecule has 0 aliphatic carbocycles. The molecule has 130 valence electrons. The lowest BCUT2D eigenvalue weighted by atomic mass is 10.1. The van der Waals surface area contributed by atoms with Crippen molar-refractivity contribution in [2.45, 2.75) is 6.10 Å². The molecule has 6 nitrogen and oxygen atoms in total. The van der Waals surface area contributed by atoms with Gasteiger partial charge in [0.15, 0.2) is 11.6 Å². The zero-order valence-electron chi connectivity index (χ0n) is 13.1. The molecule has 0 fully saturated rings. The minimum atomic E-state index is -1.45. The van der Waals surface area contributed by atoms with E-state index in [4.69, 9.17) is 4.74 Å². The van der Waals surface area contributed by atoms with Crippen molar-refractivity contribution in [1.82, 2.24) is 10.6 Å². The molecule has 0 heterocycles. The Morgan fingerprint density at radius 2 is 1.68 bits per heavy atom. The highest BCUT2D eigenvalue weighted by Crippen LogP contribution is 2.20. The molecule has 0 spiro atoms. The fourth-order valence-corrected chi connectivity index (χ4v) is 1.94. The Labute approximate surface area is 141 Å². The molecule has 25 heavy (non-hydrogen) atoms. The van der Waals surface area contributed by atoms with Gasteiger partial charge < -0.3 is 10.1 Å². The van der Waals surface area contributed by atoms with Crippen LogP contribution in [0.5, 0.6) is 0 Å². The van der Waals surface area contributed by atoms with Gasteiger partial charge >= 0.3 is 12.0 Å². The van der Waals surface area contributed by atoms with Crippen molar-refractivity contribution in [3.8, 4) is 0 Å². The summed E-state index contributed by atoms with van der Waals surface area (Å²) in [5, 5.41) is 4.20. The number of amides is 3. The number of carbonyl (C=O) groups is 3. The topological polar surface area (TPSA) is 84.5 Å². The molecule has 0 radical (unpaired) electrons. The van der Waals surface area contributed by atoms with Crippen molar-refractivity contribution < 1.29 is 27.9 Å². The Morgan fingerprint density at radius 3 is 2.28 bits per heavy atom. The highest BCUT2D eigenvalue weighted by Gasteiger charge is 2.27. The molecular formula is C17H14F2N2O4. The van der Waals surface area contributed by atoms with Crippen molar-refractivity contribution in [2.24, 2.45) is 0 Å². The number of hydrogen-bond acceptors (Lipinski definition) is 4. The second-order valence-electron chi connectivity index (χ2n) is 4.89. The van der Waals surface area contributed by atoms with Crippen molar-refractivity contribution in [1.29, 1.82) is 0 Å². The predicted molar refractivity (Wildman–Crippen MR) is 83.6 cm³/mol. The van der Waals surface area contributed by atoms with Gasteiger partial charge in [-0.1, -0.05) is 30.3 Å². The Balaban J connectivity index is 2.26. The maximum atomic E-state index is 13.3. The van der Waals surface area contributed by atoms with Gasteiger partial charge in [0.1, 0.15) is 0 Å². The van der Waals surface area contributed by atoms with Crippen LogP contribution in [0.25, 0.3) is 0 Å². The van der Waals surface area contributed by atoms with Gasteiger partial charge in [0.25, 0.3) is 5.91 Å². The monoisotopic (exact) mass is 348 g/mol. The first-order valence-electron chi connectivity index (χ1n) is 7.16. The molecule has 0 unspecified atom stereocenters. The third kappa shape index (κ3) is 4.60. The number of imide groups is 1. The summed E-state index contributed by atoms with van der Waals surface area (Å²) in [6.07, 6.45) is -1.45. The average Bonchev–Trinajstić information content (AvgIpc) is 2.62. The molecule has 0 aliphatic rings. The molecule has 0 aliphatic heterocycles. The van der Waals surface area contributed by atoms with Crippen LogP contribution in [0.3, 0.4) is 0 Å². The lowest BCUT2D eigenvalue weighted by molar-refractivity contribution is -0.129. The Kier molecular flexibility index (Phi) is 5.78. The molecule has 1 atom stereocenters. The van der Waals surface area contributed by atoms with E-state index in [0.29, 0.717) is 11.6 Å². The number of ether oxygens (including phenoxy) is 1. The van der Waals surface area contributed by atoms with Crippen LogP contribution >= 0.6 is 0 Å². The molecule has 2 aromatic carbocycles. The SMILES string of the molecule is CNC(=O)NC(=O)[C@H](OC(=O)c1ccc(F)c(F)c1)c1ccccc1. The van der Waals surface area contributed by atoms with Crippen LogP contribution in [-0.2, 0) is 9.53 Å². The van der Waals surface area contributed by atoms with E-state index in [1.807, 2.05) is 5.32 Å². The van der Waals surface area contributed by atoms with Crippen LogP contribution < -0.4 is 10.6 Å².